The van der Waals surface area contributed by atoms with Crippen LogP contribution in [0.4, 0.5) is 5.69 Å². The molecule has 0 spiro atoms. The second-order valence-electron chi connectivity index (χ2n) is 7.78. The van der Waals surface area contributed by atoms with Crippen LogP contribution in [0, 0.1) is 5.92 Å². The van der Waals surface area contributed by atoms with Crippen LogP contribution in [0.15, 0.2) is 60.7 Å². The smallest absolute Gasteiger partial charge is 0.226 e. The number of aliphatic hydroxyl groups is 1. The van der Waals surface area contributed by atoms with Crippen molar-refractivity contribution in [2.24, 2.45) is 5.92 Å². The van der Waals surface area contributed by atoms with Crippen molar-refractivity contribution in [3.05, 3.63) is 66.2 Å². The van der Waals surface area contributed by atoms with Gasteiger partial charge in [-0.2, -0.15) is 0 Å². The topological polar surface area (TPSA) is 43.8 Å². The summed E-state index contributed by atoms with van der Waals surface area (Å²) >= 11 is 0. The lowest BCUT2D eigenvalue weighted by Crippen LogP contribution is -2.49. The summed E-state index contributed by atoms with van der Waals surface area (Å²) in [6.45, 7) is 6.64. The molecule has 1 amide bonds. The van der Waals surface area contributed by atoms with Crippen molar-refractivity contribution in [1.29, 1.82) is 0 Å². The Labute approximate surface area is 168 Å². The number of piperidine rings is 1. The standard InChI is InChI=1S/C24H32N2O2/c1-3-24(28)26(22-14-8-5-9-15-22)19(2)21-13-10-16-25(17-21)18-23(27)20-11-6-4-7-12-20/h4-9,11-12,14-15,19,21,23,27H,3,10,13,16-18H2,1-2H3/t19-,21?,23?/m1/s1. The van der Waals surface area contributed by atoms with E-state index in [2.05, 4.69) is 11.8 Å². The van der Waals surface area contributed by atoms with Gasteiger partial charge in [0.15, 0.2) is 0 Å². The molecule has 1 N–H and O–H groups in total. The molecule has 2 unspecified atom stereocenters. The molecule has 28 heavy (non-hydrogen) atoms. The van der Waals surface area contributed by atoms with E-state index < -0.39 is 6.10 Å². The van der Waals surface area contributed by atoms with E-state index in [1.807, 2.05) is 72.5 Å². The van der Waals surface area contributed by atoms with Gasteiger partial charge in [-0.15, -0.1) is 0 Å². The molecule has 3 rings (SSSR count). The number of hydrogen-bond donors (Lipinski definition) is 1. The van der Waals surface area contributed by atoms with E-state index in [-0.39, 0.29) is 11.9 Å². The van der Waals surface area contributed by atoms with Gasteiger partial charge in [-0.1, -0.05) is 55.5 Å². The van der Waals surface area contributed by atoms with Gasteiger partial charge in [0.2, 0.25) is 5.91 Å². The third-order valence-corrected chi connectivity index (χ3v) is 5.85. The van der Waals surface area contributed by atoms with E-state index in [1.165, 1.54) is 0 Å². The molecule has 150 valence electrons. The Morgan fingerprint density at radius 3 is 2.43 bits per heavy atom. The Kier molecular flexibility index (Phi) is 7.24. The Morgan fingerprint density at radius 2 is 1.79 bits per heavy atom. The largest absolute Gasteiger partial charge is 0.387 e. The first-order valence-electron chi connectivity index (χ1n) is 10.4. The fraction of sp³-hybridized carbons (Fsp3) is 0.458. The summed E-state index contributed by atoms with van der Waals surface area (Å²) in [5.74, 6) is 0.563. The molecule has 0 radical (unpaired) electrons. The molecule has 1 aliphatic heterocycles. The summed E-state index contributed by atoms with van der Waals surface area (Å²) in [5.41, 5.74) is 1.94. The van der Waals surface area contributed by atoms with E-state index in [9.17, 15) is 9.90 Å². The number of para-hydroxylation sites is 1. The number of benzene rings is 2. The fourth-order valence-corrected chi connectivity index (χ4v) is 4.25. The normalized spacial score (nSPS) is 19.8. The average Bonchev–Trinajstić information content (AvgIpc) is 2.75. The van der Waals surface area contributed by atoms with Gasteiger partial charge < -0.3 is 14.9 Å². The lowest BCUT2D eigenvalue weighted by atomic mass is 9.89. The van der Waals surface area contributed by atoms with E-state index in [1.54, 1.807) is 0 Å². The molecule has 0 saturated carbocycles. The van der Waals surface area contributed by atoms with Crippen molar-refractivity contribution in [2.45, 2.75) is 45.3 Å². The van der Waals surface area contributed by atoms with Crippen LogP contribution in [0.25, 0.3) is 0 Å². The number of likely N-dealkylation sites (tertiary alicyclic amines) is 1. The van der Waals surface area contributed by atoms with Gasteiger partial charge in [-0.3, -0.25) is 4.79 Å². The number of aliphatic hydroxyl groups excluding tert-OH is 1. The van der Waals surface area contributed by atoms with E-state index in [0.717, 1.165) is 37.2 Å². The SMILES string of the molecule is CCC(=O)N(c1ccccc1)[C@H](C)C1CCCN(CC(O)c2ccccc2)C1. The Bertz CT molecular complexity index is 735. The minimum absolute atomic E-state index is 0.131. The molecule has 1 aliphatic rings. The highest BCUT2D eigenvalue weighted by Gasteiger charge is 2.31. The Balaban J connectivity index is 1.68. The van der Waals surface area contributed by atoms with E-state index >= 15 is 0 Å². The maximum Gasteiger partial charge on any atom is 0.226 e. The number of carbonyl (C=O) groups is 1. The lowest BCUT2D eigenvalue weighted by Gasteiger charge is -2.41. The minimum Gasteiger partial charge on any atom is -0.387 e. The van der Waals surface area contributed by atoms with Gasteiger partial charge in [-0.25, -0.2) is 0 Å². The van der Waals surface area contributed by atoms with Crippen LogP contribution in [0.2, 0.25) is 0 Å². The highest BCUT2D eigenvalue weighted by molar-refractivity contribution is 5.93. The van der Waals surface area contributed by atoms with Crippen LogP contribution in [0.3, 0.4) is 0 Å². The summed E-state index contributed by atoms with van der Waals surface area (Å²) in [4.78, 5) is 17.0. The quantitative estimate of drug-likeness (QED) is 0.780. The number of β-amino-alcohol motifs (C(OH)–C–C–N with tert-alkyl or cyclic N) is 1. The maximum atomic E-state index is 12.7. The zero-order chi connectivity index (χ0) is 19.9. The highest BCUT2D eigenvalue weighted by atomic mass is 16.3. The van der Waals surface area contributed by atoms with Gasteiger partial charge >= 0.3 is 0 Å². The molecule has 0 bridgehead atoms. The van der Waals surface area contributed by atoms with Crippen molar-refractivity contribution in [3.63, 3.8) is 0 Å². The summed E-state index contributed by atoms with van der Waals surface area (Å²) in [5, 5.41) is 10.6. The summed E-state index contributed by atoms with van der Waals surface area (Å²) in [6.07, 6.45) is 2.24. The maximum absolute atomic E-state index is 12.7. The van der Waals surface area contributed by atoms with Crippen LogP contribution in [0.1, 0.15) is 44.8 Å². The molecule has 4 nitrogen and oxygen atoms in total. The third kappa shape index (κ3) is 5.00. The second kappa shape index (κ2) is 9.85. The molecular formula is C24H32N2O2. The molecule has 3 atom stereocenters. The van der Waals surface area contributed by atoms with Crippen molar-refractivity contribution < 1.29 is 9.90 Å². The van der Waals surface area contributed by atoms with Crippen LogP contribution in [0.5, 0.6) is 0 Å². The summed E-state index contributed by atoms with van der Waals surface area (Å²) in [6, 6.07) is 20.0. The fourth-order valence-electron chi connectivity index (χ4n) is 4.25. The third-order valence-electron chi connectivity index (χ3n) is 5.85. The molecule has 1 heterocycles. The highest BCUT2D eigenvalue weighted by Crippen LogP contribution is 2.28. The van der Waals surface area contributed by atoms with E-state index in [4.69, 9.17) is 0 Å². The van der Waals surface area contributed by atoms with Crippen LogP contribution in [-0.2, 0) is 4.79 Å². The van der Waals surface area contributed by atoms with Gasteiger partial charge in [0.1, 0.15) is 0 Å². The number of rotatable bonds is 7. The monoisotopic (exact) mass is 380 g/mol. The van der Waals surface area contributed by atoms with Crippen molar-refractivity contribution in [2.75, 3.05) is 24.5 Å². The molecule has 4 heteroatoms. The Morgan fingerprint density at radius 1 is 1.14 bits per heavy atom. The zero-order valence-corrected chi connectivity index (χ0v) is 17.0. The molecule has 0 aliphatic carbocycles. The number of carbonyl (C=O) groups excluding carboxylic acids is 1. The molecule has 1 fully saturated rings. The van der Waals surface area contributed by atoms with Gasteiger partial charge in [0.25, 0.3) is 0 Å². The summed E-state index contributed by atoms with van der Waals surface area (Å²) in [7, 11) is 0. The van der Waals surface area contributed by atoms with E-state index in [0.29, 0.717) is 18.9 Å². The number of amides is 1. The van der Waals surface area contributed by atoms with Crippen molar-refractivity contribution in [3.8, 4) is 0 Å². The molecule has 0 aromatic heterocycles. The number of hydrogen-bond acceptors (Lipinski definition) is 3. The Hall–Kier alpha value is -2.17. The summed E-state index contributed by atoms with van der Waals surface area (Å²) < 4.78 is 0. The van der Waals surface area contributed by atoms with Crippen LogP contribution >= 0.6 is 0 Å². The first kappa shape index (κ1) is 20.6. The van der Waals surface area contributed by atoms with Crippen molar-refractivity contribution >= 4 is 11.6 Å². The second-order valence-corrected chi connectivity index (χ2v) is 7.78. The minimum atomic E-state index is -0.474. The van der Waals surface area contributed by atoms with Crippen molar-refractivity contribution in [1.82, 2.24) is 4.90 Å². The molecular weight excluding hydrogens is 348 g/mol. The predicted molar refractivity (Wildman–Crippen MR) is 114 cm³/mol. The zero-order valence-electron chi connectivity index (χ0n) is 17.0. The molecule has 2 aromatic carbocycles. The van der Waals surface area contributed by atoms with Crippen LogP contribution < -0.4 is 4.90 Å². The van der Waals surface area contributed by atoms with Gasteiger partial charge in [0.05, 0.1) is 6.10 Å². The lowest BCUT2D eigenvalue weighted by molar-refractivity contribution is -0.119. The first-order valence-corrected chi connectivity index (χ1v) is 10.4. The number of nitrogens with zero attached hydrogens (tertiary/aromatic N) is 2. The van der Waals surface area contributed by atoms with Gasteiger partial charge in [0, 0.05) is 31.2 Å². The molecule has 2 aromatic rings. The molecule has 1 saturated heterocycles. The average molecular weight is 381 g/mol. The first-order chi connectivity index (χ1) is 13.6. The predicted octanol–water partition coefficient (Wildman–Crippen LogP) is 4.26. The van der Waals surface area contributed by atoms with Crippen LogP contribution in [-0.4, -0.2) is 41.6 Å². The number of anilines is 1. The van der Waals surface area contributed by atoms with Gasteiger partial charge in [-0.05, 0) is 49.9 Å².